The van der Waals surface area contributed by atoms with Crippen molar-refractivity contribution in [3.63, 3.8) is 0 Å². The van der Waals surface area contributed by atoms with Crippen LogP contribution >= 0.6 is 28.3 Å². The molecule has 0 aliphatic carbocycles. The van der Waals surface area contributed by atoms with E-state index >= 15 is 0 Å². The summed E-state index contributed by atoms with van der Waals surface area (Å²) in [7, 11) is 2.01. The van der Waals surface area contributed by atoms with Crippen LogP contribution in [-0.4, -0.2) is 22.1 Å². The molecular formula is C14H20BrClN4O. The van der Waals surface area contributed by atoms with Crippen molar-refractivity contribution >= 4 is 28.3 Å². The zero-order valence-electron chi connectivity index (χ0n) is 12.3. The van der Waals surface area contributed by atoms with Gasteiger partial charge in [-0.1, -0.05) is 33.2 Å². The standard InChI is InChI=1S/C14H19BrN4O.ClH/c1-14(2,16)13-17-12(20-18-13)9-19(3)8-10-5-4-6-11(15)7-10;/h4-7H,8-9,16H2,1-3H3;1H. The molecule has 0 saturated carbocycles. The summed E-state index contributed by atoms with van der Waals surface area (Å²) in [5, 5.41) is 3.92. The second kappa shape index (κ2) is 7.35. The number of rotatable bonds is 5. The summed E-state index contributed by atoms with van der Waals surface area (Å²) in [4.78, 5) is 6.44. The zero-order valence-corrected chi connectivity index (χ0v) is 14.7. The van der Waals surface area contributed by atoms with Crippen LogP contribution in [0, 0.1) is 0 Å². The van der Waals surface area contributed by atoms with Crippen molar-refractivity contribution in [3.8, 4) is 0 Å². The van der Waals surface area contributed by atoms with Gasteiger partial charge in [0.15, 0.2) is 5.82 Å². The molecule has 2 N–H and O–H groups in total. The quantitative estimate of drug-likeness (QED) is 0.870. The molecule has 0 spiro atoms. The predicted octanol–water partition coefficient (Wildman–Crippen LogP) is 3.08. The Kier molecular flexibility index (Phi) is 6.34. The van der Waals surface area contributed by atoms with Gasteiger partial charge in [-0.25, -0.2) is 0 Å². The Morgan fingerprint density at radius 2 is 2.05 bits per heavy atom. The van der Waals surface area contributed by atoms with Gasteiger partial charge in [0.2, 0.25) is 5.89 Å². The molecule has 2 rings (SSSR count). The normalized spacial score (nSPS) is 11.5. The second-order valence-electron chi connectivity index (χ2n) is 5.54. The lowest BCUT2D eigenvalue weighted by Crippen LogP contribution is -2.30. The molecule has 21 heavy (non-hydrogen) atoms. The Bertz CT molecular complexity index is 582. The van der Waals surface area contributed by atoms with Crippen molar-refractivity contribution in [2.24, 2.45) is 5.73 Å². The highest BCUT2D eigenvalue weighted by Gasteiger charge is 2.21. The number of hydrogen-bond donors (Lipinski definition) is 1. The fraction of sp³-hybridized carbons (Fsp3) is 0.429. The molecule has 5 nitrogen and oxygen atoms in total. The summed E-state index contributed by atoms with van der Waals surface area (Å²) in [5.41, 5.74) is 6.58. The first-order chi connectivity index (χ1) is 9.34. The molecule has 0 aliphatic rings. The Morgan fingerprint density at radius 1 is 1.33 bits per heavy atom. The van der Waals surface area contributed by atoms with Gasteiger partial charge >= 0.3 is 0 Å². The summed E-state index contributed by atoms with van der Waals surface area (Å²) in [6, 6.07) is 8.22. The minimum atomic E-state index is -0.579. The Labute approximate surface area is 139 Å². The third-order valence-electron chi connectivity index (χ3n) is 2.79. The SMILES string of the molecule is CN(Cc1cccc(Br)c1)Cc1nc(C(C)(C)N)no1.Cl. The number of nitrogens with zero attached hydrogens (tertiary/aromatic N) is 3. The summed E-state index contributed by atoms with van der Waals surface area (Å²) in [5.74, 6) is 1.11. The molecule has 0 radical (unpaired) electrons. The van der Waals surface area contributed by atoms with E-state index in [4.69, 9.17) is 10.3 Å². The van der Waals surface area contributed by atoms with Crippen LogP contribution in [0.4, 0.5) is 0 Å². The van der Waals surface area contributed by atoms with Crippen LogP contribution in [0.25, 0.3) is 0 Å². The van der Waals surface area contributed by atoms with Gasteiger partial charge in [0, 0.05) is 11.0 Å². The third-order valence-corrected chi connectivity index (χ3v) is 3.28. The van der Waals surface area contributed by atoms with Crippen LogP contribution in [0.2, 0.25) is 0 Å². The van der Waals surface area contributed by atoms with Crippen LogP contribution in [0.3, 0.4) is 0 Å². The van der Waals surface area contributed by atoms with E-state index in [-0.39, 0.29) is 12.4 Å². The van der Waals surface area contributed by atoms with E-state index in [1.165, 1.54) is 5.56 Å². The van der Waals surface area contributed by atoms with Crippen molar-refractivity contribution in [1.82, 2.24) is 15.0 Å². The van der Waals surface area contributed by atoms with Gasteiger partial charge in [-0.15, -0.1) is 12.4 Å². The van der Waals surface area contributed by atoms with Crippen LogP contribution in [0.15, 0.2) is 33.3 Å². The van der Waals surface area contributed by atoms with Gasteiger partial charge in [0.05, 0.1) is 12.1 Å². The third kappa shape index (κ3) is 5.39. The Balaban J connectivity index is 0.00000220. The molecule has 0 atom stereocenters. The molecule has 2 aromatic rings. The van der Waals surface area contributed by atoms with Crippen molar-refractivity contribution in [2.45, 2.75) is 32.5 Å². The summed E-state index contributed by atoms with van der Waals surface area (Å²) in [6.45, 7) is 5.11. The van der Waals surface area contributed by atoms with E-state index in [2.05, 4.69) is 43.1 Å². The van der Waals surface area contributed by atoms with Crippen LogP contribution in [-0.2, 0) is 18.6 Å². The number of halogens is 2. The van der Waals surface area contributed by atoms with Gasteiger partial charge in [0.1, 0.15) is 0 Å². The van der Waals surface area contributed by atoms with Crippen molar-refractivity contribution < 1.29 is 4.52 Å². The molecular weight excluding hydrogens is 356 g/mol. The highest BCUT2D eigenvalue weighted by molar-refractivity contribution is 9.10. The lowest BCUT2D eigenvalue weighted by molar-refractivity contribution is 0.259. The van der Waals surface area contributed by atoms with Crippen LogP contribution in [0.1, 0.15) is 31.1 Å². The van der Waals surface area contributed by atoms with E-state index in [9.17, 15) is 0 Å². The molecule has 0 bridgehead atoms. The largest absolute Gasteiger partial charge is 0.338 e. The average Bonchev–Trinajstić information content (AvgIpc) is 2.76. The Hall–Kier alpha value is -0.950. The second-order valence-corrected chi connectivity index (χ2v) is 6.45. The first-order valence-corrected chi connectivity index (χ1v) is 7.19. The molecule has 0 saturated heterocycles. The fourth-order valence-corrected chi connectivity index (χ4v) is 2.26. The fourth-order valence-electron chi connectivity index (χ4n) is 1.81. The monoisotopic (exact) mass is 374 g/mol. The highest BCUT2D eigenvalue weighted by atomic mass is 79.9. The molecule has 0 amide bonds. The van der Waals surface area contributed by atoms with E-state index in [1.54, 1.807) is 0 Å². The number of nitrogens with two attached hydrogens (primary N) is 1. The summed E-state index contributed by atoms with van der Waals surface area (Å²) < 4.78 is 6.31. The zero-order chi connectivity index (χ0) is 14.8. The first-order valence-electron chi connectivity index (χ1n) is 6.39. The van der Waals surface area contributed by atoms with E-state index in [0.717, 1.165) is 11.0 Å². The van der Waals surface area contributed by atoms with E-state index < -0.39 is 5.54 Å². The van der Waals surface area contributed by atoms with Gasteiger partial charge < -0.3 is 10.3 Å². The van der Waals surface area contributed by atoms with Gasteiger partial charge in [0.25, 0.3) is 0 Å². The maximum atomic E-state index is 5.94. The predicted molar refractivity (Wildman–Crippen MR) is 88.1 cm³/mol. The topological polar surface area (TPSA) is 68.2 Å². The first kappa shape index (κ1) is 18.1. The minimum absolute atomic E-state index is 0. The van der Waals surface area contributed by atoms with E-state index in [0.29, 0.717) is 18.3 Å². The summed E-state index contributed by atoms with van der Waals surface area (Å²) in [6.07, 6.45) is 0. The van der Waals surface area contributed by atoms with Crippen molar-refractivity contribution in [1.29, 1.82) is 0 Å². The lowest BCUT2D eigenvalue weighted by atomic mass is 10.1. The van der Waals surface area contributed by atoms with E-state index in [1.807, 2.05) is 33.0 Å². The maximum absolute atomic E-state index is 5.94. The van der Waals surface area contributed by atoms with Gasteiger partial charge in [-0.2, -0.15) is 4.98 Å². The number of aromatic nitrogens is 2. The molecule has 0 fully saturated rings. The molecule has 1 aromatic carbocycles. The average molecular weight is 376 g/mol. The number of hydrogen-bond acceptors (Lipinski definition) is 5. The maximum Gasteiger partial charge on any atom is 0.240 e. The molecule has 1 heterocycles. The minimum Gasteiger partial charge on any atom is -0.338 e. The smallest absolute Gasteiger partial charge is 0.240 e. The van der Waals surface area contributed by atoms with Crippen molar-refractivity contribution in [2.75, 3.05) is 7.05 Å². The summed E-state index contributed by atoms with van der Waals surface area (Å²) >= 11 is 3.47. The molecule has 7 heteroatoms. The van der Waals surface area contributed by atoms with Gasteiger partial charge in [-0.05, 0) is 38.6 Å². The van der Waals surface area contributed by atoms with Gasteiger partial charge in [-0.3, -0.25) is 4.90 Å². The molecule has 0 aliphatic heterocycles. The highest BCUT2D eigenvalue weighted by Crippen LogP contribution is 2.15. The Morgan fingerprint density at radius 3 is 2.62 bits per heavy atom. The lowest BCUT2D eigenvalue weighted by Gasteiger charge is -2.14. The molecule has 0 unspecified atom stereocenters. The molecule has 1 aromatic heterocycles. The molecule has 116 valence electrons. The number of benzene rings is 1. The van der Waals surface area contributed by atoms with Crippen LogP contribution < -0.4 is 5.73 Å². The van der Waals surface area contributed by atoms with Crippen molar-refractivity contribution in [3.05, 3.63) is 46.0 Å². The van der Waals surface area contributed by atoms with Crippen LogP contribution in [0.5, 0.6) is 0 Å².